The van der Waals surface area contributed by atoms with Crippen LogP contribution in [0.15, 0.2) is 42.7 Å². The molecule has 0 spiro atoms. The number of carbonyl (C=O) groups excluding carboxylic acids is 3. The number of esters is 2. The number of carbonyl (C=O) groups is 3. The third-order valence-corrected chi connectivity index (χ3v) is 7.95. The van der Waals surface area contributed by atoms with Gasteiger partial charge in [-0.2, -0.15) is 0 Å². The Kier molecular flexibility index (Phi) is 19.9. The molecule has 0 bridgehead atoms. The summed E-state index contributed by atoms with van der Waals surface area (Å²) in [5, 5.41) is 0. The molecular formula is C37H57NO5. The van der Waals surface area contributed by atoms with Gasteiger partial charge in [-0.1, -0.05) is 135 Å². The summed E-state index contributed by atoms with van der Waals surface area (Å²) < 4.78 is 12.5. The normalized spacial score (nSPS) is 11.0. The van der Waals surface area contributed by atoms with Crippen LogP contribution in [0.2, 0.25) is 0 Å². The second-order valence-corrected chi connectivity index (χ2v) is 11.8. The monoisotopic (exact) mass is 595 g/mol. The van der Waals surface area contributed by atoms with E-state index in [1.54, 1.807) is 24.5 Å². The van der Waals surface area contributed by atoms with E-state index in [0.29, 0.717) is 29.9 Å². The van der Waals surface area contributed by atoms with Crippen LogP contribution >= 0.6 is 0 Å². The van der Waals surface area contributed by atoms with Gasteiger partial charge in [0.05, 0.1) is 26.1 Å². The maximum absolute atomic E-state index is 13.1. The quantitative estimate of drug-likeness (QED) is 0.0844. The second-order valence-electron chi connectivity index (χ2n) is 11.8. The van der Waals surface area contributed by atoms with Gasteiger partial charge < -0.3 is 9.47 Å². The van der Waals surface area contributed by atoms with E-state index in [2.05, 4.69) is 13.8 Å². The Morgan fingerprint density at radius 2 is 0.907 bits per heavy atom. The molecule has 43 heavy (non-hydrogen) atoms. The summed E-state index contributed by atoms with van der Waals surface area (Å²) in [4.78, 5) is 38.4. The summed E-state index contributed by atoms with van der Waals surface area (Å²) in [6.45, 7) is 5.26. The Morgan fingerprint density at radius 1 is 0.535 bits per heavy atom. The standard InChI is InChI=1S/C37H57NO5/c1-3-5-7-9-11-13-15-17-22-26-42-35(39)28-33-30-38(37(41)32-24-20-19-21-25-32)31-34(33)29-36(40)43-27-23-18-16-14-12-10-8-6-4-2/h19-21,24-25,30-31H,3-18,22-23,26-29H2,1-2H3. The molecule has 2 rings (SSSR count). The van der Waals surface area contributed by atoms with Crippen LogP contribution in [0.4, 0.5) is 0 Å². The summed E-state index contributed by atoms with van der Waals surface area (Å²) in [7, 11) is 0. The first-order valence-electron chi connectivity index (χ1n) is 17.2. The van der Waals surface area contributed by atoms with E-state index in [0.717, 1.165) is 25.7 Å². The van der Waals surface area contributed by atoms with E-state index in [-0.39, 0.29) is 30.7 Å². The summed E-state index contributed by atoms with van der Waals surface area (Å²) >= 11 is 0. The zero-order valence-electron chi connectivity index (χ0n) is 27.1. The van der Waals surface area contributed by atoms with Gasteiger partial charge in [0.15, 0.2) is 0 Å². The smallest absolute Gasteiger partial charge is 0.310 e. The van der Waals surface area contributed by atoms with Crippen molar-refractivity contribution in [2.45, 2.75) is 142 Å². The zero-order valence-corrected chi connectivity index (χ0v) is 27.1. The second kappa shape index (κ2) is 23.6. The van der Waals surface area contributed by atoms with Crippen molar-refractivity contribution in [3.63, 3.8) is 0 Å². The van der Waals surface area contributed by atoms with E-state index < -0.39 is 0 Å². The molecule has 1 aromatic carbocycles. The van der Waals surface area contributed by atoms with E-state index in [1.165, 1.54) is 94.5 Å². The maximum atomic E-state index is 13.1. The van der Waals surface area contributed by atoms with Crippen molar-refractivity contribution in [2.24, 2.45) is 0 Å². The molecule has 0 amide bonds. The van der Waals surface area contributed by atoms with E-state index >= 15 is 0 Å². The number of rotatable bonds is 25. The third kappa shape index (κ3) is 16.5. The summed E-state index contributed by atoms with van der Waals surface area (Å²) in [5.74, 6) is -0.887. The molecule has 0 radical (unpaired) electrons. The molecule has 0 atom stereocenters. The van der Waals surface area contributed by atoms with Crippen LogP contribution in [0.3, 0.4) is 0 Å². The number of aromatic nitrogens is 1. The zero-order chi connectivity index (χ0) is 31.0. The van der Waals surface area contributed by atoms with Crippen LogP contribution in [-0.2, 0) is 31.9 Å². The Hall–Kier alpha value is -2.89. The molecule has 0 saturated heterocycles. The highest BCUT2D eigenvalue weighted by atomic mass is 16.5. The molecule has 6 heteroatoms. The van der Waals surface area contributed by atoms with Gasteiger partial charge in [-0.05, 0) is 36.1 Å². The average molecular weight is 596 g/mol. The molecule has 240 valence electrons. The molecule has 0 aliphatic carbocycles. The molecule has 2 aromatic rings. The highest BCUT2D eigenvalue weighted by Gasteiger charge is 2.19. The largest absolute Gasteiger partial charge is 0.465 e. The summed E-state index contributed by atoms with van der Waals surface area (Å²) in [6, 6.07) is 8.98. The van der Waals surface area contributed by atoms with Crippen LogP contribution in [0.1, 0.15) is 151 Å². The van der Waals surface area contributed by atoms with Crippen LogP contribution in [0.5, 0.6) is 0 Å². The van der Waals surface area contributed by atoms with E-state index in [9.17, 15) is 14.4 Å². The lowest BCUT2D eigenvalue weighted by Crippen LogP contribution is -2.13. The van der Waals surface area contributed by atoms with Gasteiger partial charge in [-0.3, -0.25) is 19.0 Å². The van der Waals surface area contributed by atoms with Crippen LogP contribution < -0.4 is 0 Å². The van der Waals surface area contributed by atoms with Gasteiger partial charge in [0, 0.05) is 18.0 Å². The number of benzene rings is 1. The van der Waals surface area contributed by atoms with Crippen molar-refractivity contribution in [1.29, 1.82) is 0 Å². The predicted molar refractivity (Wildman–Crippen MR) is 174 cm³/mol. The van der Waals surface area contributed by atoms with Gasteiger partial charge in [0.2, 0.25) is 0 Å². The molecule has 0 unspecified atom stereocenters. The lowest BCUT2D eigenvalue weighted by molar-refractivity contribution is -0.144. The molecule has 0 aliphatic heterocycles. The van der Waals surface area contributed by atoms with E-state index in [4.69, 9.17) is 9.47 Å². The number of hydrogen-bond donors (Lipinski definition) is 0. The fourth-order valence-corrected chi connectivity index (χ4v) is 5.31. The van der Waals surface area contributed by atoms with Crippen LogP contribution in [-0.4, -0.2) is 35.6 Å². The Balaban J connectivity index is 1.80. The Bertz CT molecular complexity index is 973. The summed E-state index contributed by atoms with van der Waals surface area (Å²) in [5.41, 5.74) is 1.79. The predicted octanol–water partition coefficient (Wildman–Crippen LogP) is 9.41. The van der Waals surface area contributed by atoms with Crippen molar-refractivity contribution in [1.82, 2.24) is 4.57 Å². The third-order valence-electron chi connectivity index (χ3n) is 7.95. The van der Waals surface area contributed by atoms with Crippen molar-refractivity contribution in [3.8, 4) is 0 Å². The Morgan fingerprint density at radius 3 is 1.30 bits per heavy atom. The SMILES string of the molecule is CCCCCCCCCCCOC(=O)Cc1cn(C(=O)c2ccccc2)cc1CC(=O)OCCCCCCCCCCC. The molecule has 0 fully saturated rings. The molecule has 1 heterocycles. The maximum Gasteiger partial charge on any atom is 0.310 e. The molecule has 0 aliphatic rings. The van der Waals surface area contributed by atoms with E-state index in [1.807, 2.05) is 18.2 Å². The van der Waals surface area contributed by atoms with Gasteiger partial charge >= 0.3 is 11.9 Å². The van der Waals surface area contributed by atoms with Gasteiger partial charge in [0.1, 0.15) is 0 Å². The molecule has 1 aromatic heterocycles. The number of ether oxygens (including phenoxy) is 2. The minimum Gasteiger partial charge on any atom is -0.465 e. The molecule has 6 nitrogen and oxygen atoms in total. The number of unbranched alkanes of at least 4 members (excludes halogenated alkanes) is 16. The van der Waals surface area contributed by atoms with Gasteiger partial charge in [-0.15, -0.1) is 0 Å². The molecule has 0 N–H and O–H groups in total. The van der Waals surface area contributed by atoms with Crippen LogP contribution in [0.25, 0.3) is 0 Å². The van der Waals surface area contributed by atoms with Crippen molar-refractivity contribution in [3.05, 3.63) is 59.4 Å². The molecular weight excluding hydrogens is 538 g/mol. The first kappa shape index (κ1) is 36.3. The van der Waals surface area contributed by atoms with Gasteiger partial charge in [-0.25, -0.2) is 0 Å². The average Bonchev–Trinajstić information content (AvgIpc) is 3.40. The highest BCUT2D eigenvalue weighted by Crippen LogP contribution is 2.17. The van der Waals surface area contributed by atoms with Crippen LogP contribution in [0, 0.1) is 0 Å². The van der Waals surface area contributed by atoms with Crippen molar-refractivity contribution >= 4 is 17.8 Å². The number of hydrogen-bond acceptors (Lipinski definition) is 5. The Labute approximate surface area is 260 Å². The lowest BCUT2D eigenvalue weighted by Gasteiger charge is -2.07. The number of nitrogens with zero attached hydrogens (tertiary/aromatic N) is 1. The fourth-order valence-electron chi connectivity index (χ4n) is 5.31. The van der Waals surface area contributed by atoms with Crippen molar-refractivity contribution in [2.75, 3.05) is 13.2 Å². The van der Waals surface area contributed by atoms with Crippen molar-refractivity contribution < 1.29 is 23.9 Å². The van der Waals surface area contributed by atoms with Gasteiger partial charge in [0.25, 0.3) is 5.91 Å². The fraction of sp³-hybridized carbons (Fsp3) is 0.649. The summed E-state index contributed by atoms with van der Waals surface area (Å²) in [6.07, 6.45) is 25.0. The minimum atomic E-state index is -0.339. The topological polar surface area (TPSA) is 74.6 Å². The first-order chi connectivity index (χ1) is 21.0. The highest BCUT2D eigenvalue weighted by molar-refractivity contribution is 5.96. The first-order valence-corrected chi connectivity index (χ1v) is 17.2. The lowest BCUT2D eigenvalue weighted by atomic mass is 10.1. The molecule has 0 saturated carbocycles. The minimum absolute atomic E-state index is 0.0212.